The van der Waals surface area contributed by atoms with Gasteiger partial charge in [-0.05, 0) is 38.8 Å². The fourth-order valence-corrected chi connectivity index (χ4v) is 1.99. The maximum atomic E-state index is 11.3. The lowest BCUT2D eigenvalue weighted by Gasteiger charge is -2.18. The van der Waals surface area contributed by atoms with Crippen LogP contribution >= 0.6 is 0 Å². The molecule has 1 aliphatic heterocycles. The number of likely N-dealkylation sites (tertiary alicyclic amines) is 1. The molecule has 0 aliphatic carbocycles. The van der Waals surface area contributed by atoms with Crippen molar-refractivity contribution in [1.82, 2.24) is 4.90 Å². The molecular weight excluding hydrogens is 218 g/mol. The highest BCUT2D eigenvalue weighted by Crippen LogP contribution is 2.17. The minimum atomic E-state index is -0.522. The topological polar surface area (TPSA) is 38.8 Å². The van der Waals surface area contributed by atoms with Gasteiger partial charge in [0.05, 0.1) is 13.2 Å². The monoisotopic (exact) mass is 243 g/mol. The van der Waals surface area contributed by atoms with Crippen LogP contribution in [-0.2, 0) is 9.47 Å². The van der Waals surface area contributed by atoms with E-state index in [4.69, 9.17) is 9.47 Å². The highest BCUT2D eigenvalue weighted by molar-refractivity contribution is 5.59. The van der Waals surface area contributed by atoms with Gasteiger partial charge in [0.25, 0.3) is 0 Å². The fraction of sp³-hybridized carbons (Fsp3) is 0.923. The molecule has 0 N–H and O–H groups in total. The standard InChI is InChI=1S/C13H25NO3/c1-4-11(2)10-17-13(15)16-9-7-12-6-5-8-14(12)3/h11-12H,4-10H2,1-3H3. The molecule has 2 unspecified atom stereocenters. The Labute approximate surface area is 104 Å². The predicted molar refractivity (Wildman–Crippen MR) is 67.0 cm³/mol. The zero-order valence-corrected chi connectivity index (χ0v) is 11.3. The van der Waals surface area contributed by atoms with Gasteiger partial charge < -0.3 is 14.4 Å². The quantitative estimate of drug-likeness (QED) is 0.672. The molecule has 1 fully saturated rings. The normalized spacial score (nSPS) is 22.4. The van der Waals surface area contributed by atoms with E-state index < -0.39 is 6.16 Å². The molecule has 0 aromatic heterocycles. The van der Waals surface area contributed by atoms with Crippen molar-refractivity contribution >= 4 is 6.16 Å². The number of nitrogens with zero attached hydrogens (tertiary/aromatic N) is 1. The number of hydrogen-bond donors (Lipinski definition) is 0. The van der Waals surface area contributed by atoms with E-state index in [0.717, 1.165) is 19.4 Å². The molecule has 100 valence electrons. The summed E-state index contributed by atoms with van der Waals surface area (Å²) >= 11 is 0. The Kier molecular flexibility index (Phi) is 6.34. The first-order valence-corrected chi connectivity index (χ1v) is 6.63. The summed E-state index contributed by atoms with van der Waals surface area (Å²) in [6.07, 6.45) is 3.86. The summed E-state index contributed by atoms with van der Waals surface area (Å²) in [6, 6.07) is 0.567. The number of carbonyl (C=O) groups is 1. The molecule has 0 radical (unpaired) electrons. The van der Waals surface area contributed by atoms with Crippen LogP contribution in [-0.4, -0.2) is 43.9 Å². The fourth-order valence-electron chi connectivity index (χ4n) is 1.99. The van der Waals surface area contributed by atoms with Gasteiger partial charge in [-0.25, -0.2) is 4.79 Å². The van der Waals surface area contributed by atoms with E-state index in [0.29, 0.717) is 25.2 Å². The van der Waals surface area contributed by atoms with Crippen molar-refractivity contribution in [3.63, 3.8) is 0 Å². The minimum absolute atomic E-state index is 0.406. The molecule has 1 rings (SSSR count). The van der Waals surface area contributed by atoms with E-state index in [2.05, 4.69) is 25.8 Å². The van der Waals surface area contributed by atoms with Crippen molar-refractivity contribution in [1.29, 1.82) is 0 Å². The summed E-state index contributed by atoms with van der Waals surface area (Å²) in [5.41, 5.74) is 0. The maximum Gasteiger partial charge on any atom is 0.508 e. The van der Waals surface area contributed by atoms with Crippen molar-refractivity contribution in [3.8, 4) is 0 Å². The summed E-state index contributed by atoms with van der Waals surface area (Å²) in [5, 5.41) is 0. The molecule has 2 atom stereocenters. The van der Waals surface area contributed by atoms with Gasteiger partial charge in [-0.2, -0.15) is 0 Å². The van der Waals surface area contributed by atoms with Crippen LogP contribution in [0.4, 0.5) is 4.79 Å². The van der Waals surface area contributed by atoms with Crippen LogP contribution in [0.25, 0.3) is 0 Å². The highest BCUT2D eigenvalue weighted by atomic mass is 16.7. The van der Waals surface area contributed by atoms with Gasteiger partial charge in [0.1, 0.15) is 0 Å². The number of rotatable bonds is 6. The Balaban J connectivity index is 2.03. The average molecular weight is 243 g/mol. The largest absolute Gasteiger partial charge is 0.508 e. The molecule has 0 aromatic rings. The SMILES string of the molecule is CCC(C)COC(=O)OCCC1CCCN1C. The lowest BCUT2D eigenvalue weighted by Crippen LogP contribution is -2.26. The second kappa shape index (κ2) is 7.54. The Morgan fingerprint density at radius 1 is 1.47 bits per heavy atom. The van der Waals surface area contributed by atoms with E-state index in [1.54, 1.807) is 0 Å². The van der Waals surface area contributed by atoms with Crippen LogP contribution in [0.15, 0.2) is 0 Å². The Bertz CT molecular complexity index is 233. The summed E-state index contributed by atoms with van der Waals surface area (Å²) < 4.78 is 10.1. The lowest BCUT2D eigenvalue weighted by atomic mass is 10.1. The van der Waals surface area contributed by atoms with Crippen LogP contribution in [0, 0.1) is 5.92 Å². The zero-order chi connectivity index (χ0) is 12.7. The van der Waals surface area contributed by atoms with Gasteiger partial charge in [0, 0.05) is 6.04 Å². The number of hydrogen-bond acceptors (Lipinski definition) is 4. The summed E-state index contributed by atoms with van der Waals surface area (Å²) in [7, 11) is 2.12. The van der Waals surface area contributed by atoms with E-state index in [1.807, 2.05) is 0 Å². The van der Waals surface area contributed by atoms with Crippen molar-refractivity contribution in [3.05, 3.63) is 0 Å². The molecule has 1 heterocycles. The Morgan fingerprint density at radius 3 is 2.82 bits per heavy atom. The van der Waals surface area contributed by atoms with Gasteiger partial charge in [-0.3, -0.25) is 0 Å². The third kappa shape index (κ3) is 5.39. The third-order valence-corrected chi connectivity index (χ3v) is 3.53. The molecule has 0 saturated carbocycles. The van der Waals surface area contributed by atoms with Crippen molar-refractivity contribution in [2.45, 2.75) is 45.6 Å². The summed E-state index contributed by atoms with van der Waals surface area (Å²) in [6.45, 7) is 6.21. The number of carbonyl (C=O) groups excluding carboxylic acids is 1. The smallest absolute Gasteiger partial charge is 0.434 e. The zero-order valence-electron chi connectivity index (χ0n) is 11.3. The third-order valence-electron chi connectivity index (χ3n) is 3.53. The van der Waals surface area contributed by atoms with Crippen molar-refractivity contribution in [2.75, 3.05) is 26.8 Å². The van der Waals surface area contributed by atoms with E-state index >= 15 is 0 Å². The molecule has 0 spiro atoms. The summed E-state index contributed by atoms with van der Waals surface area (Å²) in [4.78, 5) is 13.6. The second-order valence-electron chi connectivity index (χ2n) is 4.99. The van der Waals surface area contributed by atoms with Gasteiger partial charge in [0.15, 0.2) is 0 Å². The predicted octanol–water partition coefficient (Wildman–Crippen LogP) is 2.67. The first kappa shape index (κ1) is 14.3. The second-order valence-corrected chi connectivity index (χ2v) is 4.99. The van der Waals surface area contributed by atoms with E-state index in [9.17, 15) is 4.79 Å². The average Bonchev–Trinajstić information content (AvgIpc) is 2.72. The first-order chi connectivity index (χ1) is 8.13. The van der Waals surface area contributed by atoms with E-state index in [-0.39, 0.29) is 0 Å². The van der Waals surface area contributed by atoms with Crippen LogP contribution in [0.1, 0.15) is 39.5 Å². The molecule has 0 bridgehead atoms. The van der Waals surface area contributed by atoms with E-state index in [1.165, 1.54) is 12.8 Å². The molecule has 4 nitrogen and oxygen atoms in total. The molecule has 4 heteroatoms. The highest BCUT2D eigenvalue weighted by Gasteiger charge is 2.20. The molecule has 1 aliphatic rings. The summed E-state index contributed by atoms with van der Waals surface area (Å²) in [5.74, 6) is 0.406. The van der Waals surface area contributed by atoms with Gasteiger partial charge in [-0.15, -0.1) is 0 Å². The van der Waals surface area contributed by atoms with Gasteiger partial charge in [0.2, 0.25) is 0 Å². The molecule has 17 heavy (non-hydrogen) atoms. The molecule has 0 aromatic carbocycles. The van der Waals surface area contributed by atoms with Gasteiger partial charge in [-0.1, -0.05) is 20.3 Å². The van der Waals surface area contributed by atoms with Crippen molar-refractivity contribution < 1.29 is 14.3 Å². The van der Waals surface area contributed by atoms with Crippen LogP contribution in [0.2, 0.25) is 0 Å². The van der Waals surface area contributed by atoms with Crippen LogP contribution in [0.3, 0.4) is 0 Å². The molecular formula is C13H25NO3. The first-order valence-electron chi connectivity index (χ1n) is 6.63. The minimum Gasteiger partial charge on any atom is -0.434 e. The van der Waals surface area contributed by atoms with Crippen molar-refractivity contribution in [2.24, 2.45) is 5.92 Å². The van der Waals surface area contributed by atoms with Crippen LogP contribution < -0.4 is 0 Å². The Hall–Kier alpha value is -0.770. The maximum absolute atomic E-state index is 11.3. The van der Waals surface area contributed by atoms with Crippen LogP contribution in [0.5, 0.6) is 0 Å². The number of ether oxygens (including phenoxy) is 2. The molecule has 0 amide bonds. The molecule has 1 saturated heterocycles. The lowest BCUT2D eigenvalue weighted by molar-refractivity contribution is 0.0413. The Morgan fingerprint density at radius 2 is 2.24 bits per heavy atom. The van der Waals surface area contributed by atoms with Gasteiger partial charge >= 0.3 is 6.16 Å².